The number of carbonyl (C=O) groups excluding carboxylic acids is 1. The van der Waals surface area contributed by atoms with Crippen molar-refractivity contribution >= 4 is 5.91 Å². The average molecular weight is 249 g/mol. The maximum Gasteiger partial charge on any atom is 0.242 e. The van der Waals surface area contributed by atoms with E-state index < -0.39 is 5.54 Å². The van der Waals surface area contributed by atoms with Crippen LogP contribution in [-0.4, -0.2) is 34.9 Å². The Morgan fingerprint density at radius 3 is 2.50 bits per heavy atom. The third kappa shape index (κ3) is 3.29. The van der Waals surface area contributed by atoms with Gasteiger partial charge in [0.25, 0.3) is 0 Å². The van der Waals surface area contributed by atoms with Crippen LogP contribution in [0.3, 0.4) is 0 Å². The van der Waals surface area contributed by atoms with Crippen LogP contribution in [0.15, 0.2) is 24.5 Å². The largest absolute Gasteiger partial charge is 0.337 e. The number of pyridine rings is 1. The van der Waals surface area contributed by atoms with Crippen LogP contribution in [0, 0.1) is 0 Å². The molecule has 1 aromatic heterocycles. The summed E-state index contributed by atoms with van der Waals surface area (Å²) in [6.45, 7) is 8.62. The van der Waals surface area contributed by atoms with Gasteiger partial charge in [-0.3, -0.25) is 9.78 Å². The second kappa shape index (κ2) is 5.96. The molecule has 1 heterocycles. The fourth-order valence-electron chi connectivity index (χ4n) is 2.00. The molecule has 1 atom stereocenters. The van der Waals surface area contributed by atoms with Crippen LogP contribution >= 0.6 is 0 Å². The van der Waals surface area contributed by atoms with Gasteiger partial charge < -0.3 is 10.2 Å². The van der Waals surface area contributed by atoms with Gasteiger partial charge in [-0.1, -0.05) is 6.92 Å². The van der Waals surface area contributed by atoms with E-state index >= 15 is 0 Å². The first-order valence-corrected chi connectivity index (χ1v) is 6.32. The number of likely N-dealkylation sites (N-methyl/N-ethyl adjacent to an activating group) is 2. The molecule has 0 radical (unpaired) electrons. The lowest BCUT2D eigenvalue weighted by atomic mass is 10.0. The molecular weight excluding hydrogens is 226 g/mol. The van der Waals surface area contributed by atoms with Crippen molar-refractivity contribution in [2.75, 3.05) is 13.6 Å². The first-order valence-electron chi connectivity index (χ1n) is 6.32. The fraction of sp³-hybridized carbons (Fsp3) is 0.571. The summed E-state index contributed by atoms with van der Waals surface area (Å²) in [5.41, 5.74) is 0.554. The molecule has 0 bridgehead atoms. The molecule has 0 saturated heterocycles. The Kier molecular flexibility index (Phi) is 4.84. The van der Waals surface area contributed by atoms with Crippen molar-refractivity contribution in [2.45, 2.75) is 39.3 Å². The molecular formula is C14H23N3O. The molecule has 1 amide bonds. The minimum Gasteiger partial charge on any atom is -0.337 e. The molecule has 1 rings (SSSR count). The monoisotopic (exact) mass is 249 g/mol. The second-order valence-corrected chi connectivity index (χ2v) is 5.03. The van der Waals surface area contributed by atoms with Gasteiger partial charge in [-0.05, 0) is 45.0 Å². The van der Waals surface area contributed by atoms with Gasteiger partial charge in [0, 0.05) is 19.4 Å². The third-order valence-electron chi connectivity index (χ3n) is 3.24. The highest BCUT2D eigenvalue weighted by molar-refractivity contribution is 5.85. The Morgan fingerprint density at radius 2 is 2.00 bits per heavy atom. The maximum absolute atomic E-state index is 12.4. The van der Waals surface area contributed by atoms with Crippen molar-refractivity contribution in [3.8, 4) is 0 Å². The van der Waals surface area contributed by atoms with Gasteiger partial charge in [-0.25, -0.2) is 0 Å². The first kappa shape index (κ1) is 14.6. The van der Waals surface area contributed by atoms with Gasteiger partial charge in [0.15, 0.2) is 0 Å². The molecule has 1 N–H and O–H groups in total. The number of nitrogens with one attached hydrogen (secondary N) is 1. The van der Waals surface area contributed by atoms with Crippen LogP contribution in [0.1, 0.15) is 39.3 Å². The van der Waals surface area contributed by atoms with Gasteiger partial charge in [-0.2, -0.15) is 0 Å². The molecule has 1 aromatic rings. The fourth-order valence-corrected chi connectivity index (χ4v) is 2.00. The number of amides is 1. The van der Waals surface area contributed by atoms with Crippen LogP contribution < -0.4 is 5.32 Å². The van der Waals surface area contributed by atoms with Crippen LogP contribution in [0.4, 0.5) is 0 Å². The van der Waals surface area contributed by atoms with Crippen molar-refractivity contribution in [3.63, 3.8) is 0 Å². The molecule has 0 aliphatic carbocycles. The lowest BCUT2D eigenvalue weighted by molar-refractivity contribution is -0.137. The van der Waals surface area contributed by atoms with Gasteiger partial charge >= 0.3 is 0 Å². The summed E-state index contributed by atoms with van der Waals surface area (Å²) in [5.74, 6) is 0.0914. The van der Waals surface area contributed by atoms with E-state index in [9.17, 15) is 4.79 Å². The molecule has 0 aliphatic heterocycles. The number of rotatable bonds is 5. The molecule has 0 aliphatic rings. The number of nitrogens with zero attached hydrogens (tertiary/aromatic N) is 2. The zero-order valence-electron chi connectivity index (χ0n) is 11.9. The molecule has 4 nitrogen and oxygen atoms in total. The molecule has 100 valence electrons. The van der Waals surface area contributed by atoms with Gasteiger partial charge in [0.1, 0.15) is 0 Å². The third-order valence-corrected chi connectivity index (χ3v) is 3.24. The molecule has 0 spiro atoms. The SMILES string of the molecule is CCNC(C)(C)C(=O)N(C)C(C)c1ccncc1. The number of hydrogen-bond acceptors (Lipinski definition) is 3. The highest BCUT2D eigenvalue weighted by atomic mass is 16.2. The van der Waals surface area contributed by atoms with Gasteiger partial charge in [-0.15, -0.1) is 0 Å². The second-order valence-electron chi connectivity index (χ2n) is 5.03. The van der Waals surface area contributed by atoms with Crippen molar-refractivity contribution in [3.05, 3.63) is 30.1 Å². The Bertz CT molecular complexity index is 389. The van der Waals surface area contributed by atoms with E-state index in [2.05, 4.69) is 10.3 Å². The van der Waals surface area contributed by atoms with E-state index in [1.807, 2.05) is 46.9 Å². The quantitative estimate of drug-likeness (QED) is 0.868. The number of carbonyl (C=O) groups is 1. The topological polar surface area (TPSA) is 45.2 Å². The molecule has 0 saturated carbocycles. The lowest BCUT2D eigenvalue weighted by Crippen LogP contribution is -2.53. The van der Waals surface area contributed by atoms with E-state index in [0.717, 1.165) is 12.1 Å². The normalized spacial score (nSPS) is 13.2. The Hall–Kier alpha value is -1.42. The summed E-state index contributed by atoms with van der Waals surface area (Å²) in [6, 6.07) is 3.92. The van der Waals surface area contributed by atoms with E-state index in [1.54, 1.807) is 17.3 Å². The predicted octanol–water partition coefficient (Wildman–Crippen LogP) is 1.99. The zero-order valence-corrected chi connectivity index (χ0v) is 11.9. The van der Waals surface area contributed by atoms with Crippen molar-refractivity contribution in [1.82, 2.24) is 15.2 Å². The average Bonchev–Trinajstić information content (AvgIpc) is 2.37. The highest BCUT2D eigenvalue weighted by Crippen LogP contribution is 2.20. The van der Waals surface area contributed by atoms with Gasteiger partial charge in [0.05, 0.1) is 11.6 Å². The molecule has 0 aromatic carbocycles. The highest BCUT2D eigenvalue weighted by Gasteiger charge is 2.31. The van der Waals surface area contributed by atoms with E-state index in [-0.39, 0.29) is 11.9 Å². The lowest BCUT2D eigenvalue weighted by Gasteiger charge is -2.33. The molecule has 0 fully saturated rings. The van der Waals surface area contributed by atoms with Crippen molar-refractivity contribution in [2.24, 2.45) is 0 Å². The number of hydrogen-bond donors (Lipinski definition) is 1. The standard InChI is InChI=1S/C14H23N3O/c1-6-16-14(3,4)13(18)17(5)11(2)12-7-9-15-10-8-12/h7-11,16H,6H2,1-5H3. The van der Waals surface area contributed by atoms with Crippen LogP contribution in [-0.2, 0) is 4.79 Å². The Balaban J connectivity index is 2.81. The Labute approximate surface area is 109 Å². The smallest absolute Gasteiger partial charge is 0.242 e. The summed E-state index contributed by atoms with van der Waals surface area (Å²) >= 11 is 0. The van der Waals surface area contributed by atoms with E-state index in [4.69, 9.17) is 0 Å². The minimum atomic E-state index is -0.537. The van der Waals surface area contributed by atoms with Crippen LogP contribution in [0.2, 0.25) is 0 Å². The van der Waals surface area contributed by atoms with Crippen LogP contribution in [0.5, 0.6) is 0 Å². The maximum atomic E-state index is 12.4. The summed E-state index contributed by atoms with van der Waals surface area (Å²) in [5, 5.41) is 3.21. The summed E-state index contributed by atoms with van der Waals surface area (Å²) in [7, 11) is 1.84. The van der Waals surface area contributed by atoms with Gasteiger partial charge in [0.2, 0.25) is 5.91 Å². The molecule has 18 heavy (non-hydrogen) atoms. The zero-order chi connectivity index (χ0) is 13.8. The van der Waals surface area contributed by atoms with Crippen molar-refractivity contribution < 1.29 is 4.79 Å². The first-order chi connectivity index (χ1) is 8.40. The van der Waals surface area contributed by atoms with E-state index in [1.165, 1.54) is 0 Å². The Morgan fingerprint density at radius 1 is 1.44 bits per heavy atom. The van der Waals surface area contributed by atoms with Crippen molar-refractivity contribution in [1.29, 1.82) is 0 Å². The van der Waals surface area contributed by atoms with E-state index in [0.29, 0.717) is 0 Å². The molecule has 1 unspecified atom stereocenters. The summed E-state index contributed by atoms with van der Waals surface area (Å²) in [4.78, 5) is 18.2. The van der Waals surface area contributed by atoms with Crippen LogP contribution in [0.25, 0.3) is 0 Å². The summed E-state index contributed by atoms with van der Waals surface area (Å²) < 4.78 is 0. The summed E-state index contributed by atoms with van der Waals surface area (Å²) in [6.07, 6.45) is 3.50. The minimum absolute atomic E-state index is 0.0402. The molecule has 4 heteroatoms. The predicted molar refractivity (Wildman–Crippen MR) is 73.2 cm³/mol. The number of aromatic nitrogens is 1.